The van der Waals surface area contributed by atoms with E-state index in [0.717, 1.165) is 61.5 Å². The molecule has 2 aliphatic rings. The van der Waals surface area contributed by atoms with Crippen LogP contribution in [0.25, 0.3) is 11.2 Å². The topological polar surface area (TPSA) is 49.6 Å². The lowest BCUT2D eigenvalue weighted by atomic mass is 9.80. The van der Waals surface area contributed by atoms with E-state index in [-0.39, 0.29) is 11.5 Å². The molecule has 1 fully saturated rings. The highest BCUT2D eigenvalue weighted by atomic mass is 16.1. The van der Waals surface area contributed by atoms with Crippen molar-refractivity contribution in [3.8, 4) is 0 Å². The summed E-state index contributed by atoms with van der Waals surface area (Å²) in [5, 5.41) is 3.37. The molecule has 34 heavy (non-hydrogen) atoms. The maximum atomic E-state index is 13.2. The number of anilines is 1. The number of nitrogens with one attached hydrogen (secondary N) is 1. The van der Waals surface area contributed by atoms with Gasteiger partial charge in [0, 0.05) is 38.4 Å². The van der Waals surface area contributed by atoms with Crippen LogP contribution < -0.4 is 15.8 Å². The van der Waals surface area contributed by atoms with Crippen molar-refractivity contribution in [2.75, 3.05) is 31.1 Å². The first-order valence-electron chi connectivity index (χ1n) is 12.6. The molecule has 1 saturated heterocycles. The molecule has 0 spiro atoms. The predicted octanol–water partition coefficient (Wildman–Crippen LogP) is 5.39. The quantitative estimate of drug-likeness (QED) is 0.630. The Labute approximate surface area is 203 Å². The summed E-state index contributed by atoms with van der Waals surface area (Å²) in [6, 6.07) is 5.75. The number of piperazine rings is 1. The minimum atomic E-state index is -0.0346. The van der Waals surface area contributed by atoms with E-state index < -0.39 is 0 Å². The second kappa shape index (κ2) is 10.1. The molecule has 2 unspecified atom stereocenters. The highest BCUT2D eigenvalue weighted by Crippen LogP contribution is 2.38. The van der Waals surface area contributed by atoms with Crippen molar-refractivity contribution in [1.29, 1.82) is 0 Å². The lowest BCUT2D eigenvalue weighted by Crippen LogP contribution is -2.43. The van der Waals surface area contributed by atoms with Gasteiger partial charge < -0.3 is 10.2 Å². The average Bonchev–Trinajstić information content (AvgIpc) is 2.84. The molecule has 5 nitrogen and oxygen atoms in total. The first-order chi connectivity index (χ1) is 16.3. The largest absolute Gasteiger partial charge is 0.368 e. The Morgan fingerprint density at radius 1 is 1.29 bits per heavy atom. The van der Waals surface area contributed by atoms with Crippen LogP contribution in [0, 0.1) is 11.8 Å². The SMILES string of the molecule is C=C(C)C1=C(/C=C(/C)C(C)CC)C=C(c2cc(=O)n3cc(N4CCNCC4)ccc3n2)C(C)C1. The molecule has 1 aliphatic heterocycles. The Bertz CT molecular complexity index is 1240. The number of allylic oxidation sites excluding steroid dienone is 7. The van der Waals surface area contributed by atoms with Crippen molar-refractivity contribution in [2.24, 2.45) is 11.8 Å². The van der Waals surface area contributed by atoms with Crippen molar-refractivity contribution in [1.82, 2.24) is 14.7 Å². The molecular weight excluding hydrogens is 420 g/mol. The molecule has 0 saturated carbocycles. The van der Waals surface area contributed by atoms with Crippen LogP contribution in [-0.4, -0.2) is 35.6 Å². The maximum absolute atomic E-state index is 13.2. The van der Waals surface area contributed by atoms with Crippen molar-refractivity contribution in [3.05, 3.63) is 81.5 Å². The summed E-state index contributed by atoms with van der Waals surface area (Å²) in [6.07, 6.45) is 8.49. The molecule has 1 aliphatic carbocycles. The van der Waals surface area contributed by atoms with E-state index >= 15 is 0 Å². The Morgan fingerprint density at radius 3 is 2.71 bits per heavy atom. The zero-order valence-electron chi connectivity index (χ0n) is 21.3. The third-order valence-corrected chi connectivity index (χ3v) is 7.41. The lowest BCUT2D eigenvalue weighted by molar-refractivity contribution is 0.588. The van der Waals surface area contributed by atoms with E-state index in [9.17, 15) is 4.79 Å². The van der Waals surface area contributed by atoms with Gasteiger partial charge in [0.05, 0.1) is 11.4 Å². The van der Waals surface area contributed by atoms with Crippen LogP contribution in [0.15, 0.2) is 70.2 Å². The van der Waals surface area contributed by atoms with Gasteiger partial charge in [-0.1, -0.05) is 44.6 Å². The molecular formula is C29H38N4O. The van der Waals surface area contributed by atoms with E-state index in [2.05, 4.69) is 69.6 Å². The van der Waals surface area contributed by atoms with Gasteiger partial charge in [0.2, 0.25) is 0 Å². The molecule has 2 aromatic heterocycles. The molecule has 3 heterocycles. The van der Waals surface area contributed by atoms with Crippen LogP contribution in [0.1, 0.15) is 53.2 Å². The summed E-state index contributed by atoms with van der Waals surface area (Å²) in [7, 11) is 0. The second-order valence-corrected chi connectivity index (χ2v) is 9.95. The molecule has 4 rings (SSSR count). The van der Waals surface area contributed by atoms with Gasteiger partial charge in [-0.2, -0.15) is 0 Å². The fourth-order valence-corrected chi connectivity index (χ4v) is 4.87. The maximum Gasteiger partial charge on any atom is 0.258 e. The number of fused-ring (bicyclic) bond motifs is 1. The van der Waals surface area contributed by atoms with Crippen LogP contribution in [0.4, 0.5) is 5.69 Å². The smallest absolute Gasteiger partial charge is 0.258 e. The van der Waals surface area contributed by atoms with Gasteiger partial charge in [-0.15, -0.1) is 0 Å². The van der Waals surface area contributed by atoms with Crippen molar-refractivity contribution >= 4 is 16.9 Å². The summed E-state index contributed by atoms with van der Waals surface area (Å²) in [4.78, 5) is 20.4. The minimum Gasteiger partial charge on any atom is -0.368 e. The van der Waals surface area contributed by atoms with Crippen LogP contribution in [0.3, 0.4) is 0 Å². The number of hydrogen-bond donors (Lipinski definition) is 1. The van der Waals surface area contributed by atoms with Gasteiger partial charge in [-0.3, -0.25) is 9.20 Å². The van der Waals surface area contributed by atoms with Gasteiger partial charge in [0.15, 0.2) is 0 Å². The zero-order chi connectivity index (χ0) is 24.4. The third kappa shape index (κ3) is 4.95. The Hall–Kier alpha value is -2.92. The van der Waals surface area contributed by atoms with Gasteiger partial charge >= 0.3 is 0 Å². The summed E-state index contributed by atoms with van der Waals surface area (Å²) in [6.45, 7) is 19.1. The van der Waals surface area contributed by atoms with Crippen molar-refractivity contribution in [3.63, 3.8) is 0 Å². The first kappa shape index (κ1) is 24.2. The molecule has 0 aromatic carbocycles. The molecule has 2 aromatic rings. The number of hydrogen-bond acceptors (Lipinski definition) is 4. The van der Waals surface area contributed by atoms with E-state index in [0.29, 0.717) is 11.6 Å². The van der Waals surface area contributed by atoms with Crippen molar-refractivity contribution in [2.45, 2.75) is 47.5 Å². The van der Waals surface area contributed by atoms with Gasteiger partial charge in [0.25, 0.3) is 5.56 Å². The van der Waals surface area contributed by atoms with Crippen LogP contribution >= 0.6 is 0 Å². The standard InChI is InChI=1S/C29H38N4O/c1-7-20(4)21(5)14-23-16-26(22(6)15-25(23)19(2)3)27-17-29(34)33-18-24(8-9-28(33)31-27)32-12-10-30-11-13-32/h8-9,14,16-18,20,22,30H,2,7,10-13,15H2,1,3-6H3/b21-14-. The second-order valence-electron chi connectivity index (χ2n) is 9.95. The molecule has 5 heteroatoms. The van der Waals surface area contributed by atoms with Gasteiger partial charge in [-0.05, 0) is 73.5 Å². The molecule has 2 atom stereocenters. The monoisotopic (exact) mass is 458 g/mol. The van der Waals surface area contributed by atoms with Gasteiger partial charge in [0.1, 0.15) is 5.65 Å². The van der Waals surface area contributed by atoms with Gasteiger partial charge in [-0.25, -0.2) is 4.98 Å². The molecule has 1 N–H and O–H groups in total. The number of aromatic nitrogens is 2. The Balaban J connectivity index is 1.76. The molecule has 180 valence electrons. The summed E-state index contributed by atoms with van der Waals surface area (Å²) in [5.41, 5.74) is 8.61. The molecule has 0 amide bonds. The average molecular weight is 459 g/mol. The Kier molecular flexibility index (Phi) is 7.22. The highest BCUT2D eigenvalue weighted by molar-refractivity contribution is 5.73. The minimum absolute atomic E-state index is 0.0346. The van der Waals surface area contributed by atoms with Crippen molar-refractivity contribution < 1.29 is 0 Å². The normalized spacial score (nSPS) is 20.5. The summed E-state index contributed by atoms with van der Waals surface area (Å²) < 4.78 is 1.68. The Morgan fingerprint density at radius 2 is 2.03 bits per heavy atom. The molecule has 0 bridgehead atoms. The van der Waals surface area contributed by atoms with Crippen LogP contribution in [0.2, 0.25) is 0 Å². The summed E-state index contributed by atoms with van der Waals surface area (Å²) >= 11 is 0. The molecule has 0 radical (unpaired) electrons. The number of pyridine rings is 1. The third-order valence-electron chi connectivity index (χ3n) is 7.41. The predicted molar refractivity (Wildman–Crippen MR) is 143 cm³/mol. The van der Waals surface area contributed by atoms with Crippen LogP contribution in [-0.2, 0) is 0 Å². The highest BCUT2D eigenvalue weighted by Gasteiger charge is 2.23. The fourth-order valence-electron chi connectivity index (χ4n) is 4.87. The number of nitrogens with zero attached hydrogens (tertiary/aromatic N) is 3. The summed E-state index contributed by atoms with van der Waals surface area (Å²) in [5.74, 6) is 0.797. The fraction of sp³-hybridized carbons (Fsp3) is 0.448. The van der Waals surface area contributed by atoms with E-state index in [1.807, 2.05) is 12.3 Å². The first-order valence-corrected chi connectivity index (χ1v) is 12.6. The van der Waals surface area contributed by atoms with E-state index in [1.165, 1.54) is 16.7 Å². The number of rotatable bonds is 6. The zero-order valence-corrected chi connectivity index (χ0v) is 21.3. The van der Waals surface area contributed by atoms with Crippen LogP contribution in [0.5, 0.6) is 0 Å². The van der Waals surface area contributed by atoms with E-state index in [4.69, 9.17) is 4.98 Å². The van der Waals surface area contributed by atoms with E-state index in [1.54, 1.807) is 10.5 Å². The lowest BCUT2D eigenvalue weighted by Gasteiger charge is -2.29.